The van der Waals surface area contributed by atoms with Gasteiger partial charge in [-0.15, -0.1) is 0 Å². The summed E-state index contributed by atoms with van der Waals surface area (Å²) in [7, 11) is 0. The van der Waals surface area contributed by atoms with Crippen LogP contribution >= 0.6 is 15.9 Å². The molecule has 0 aliphatic carbocycles. The average Bonchev–Trinajstić information content (AvgIpc) is 2.68. The number of carbonyl (C=O) groups excluding carboxylic acids is 2. The van der Waals surface area contributed by atoms with Crippen molar-refractivity contribution in [3.8, 4) is 0 Å². The maximum atomic E-state index is 11.7. The zero-order chi connectivity index (χ0) is 11.5. The van der Waals surface area contributed by atoms with E-state index in [0.717, 1.165) is 0 Å². The summed E-state index contributed by atoms with van der Waals surface area (Å²) in [5.41, 5.74) is 0.654. The van der Waals surface area contributed by atoms with Gasteiger partial charge in [-0.25, -0.2) is 0 Å². The SMILES string of the molecule is O=C1CC[C@H](C(=O)Nc2ccncc2Br)N1. The van der Waals surface area contributed by atoms with Gasteiger partial charge in [-0.3, -0.25) is 14.6 Å². The second kappa shape index (κ2) is 4.61. The summed E-state index contributed by atoms with van der Waals surface area (Å²) in [6.45, 7) is 0. The van der Waals surface area contributed by atoms with Crippen LogP contribution in [0.25, 0.3) is 0 Å². The summed E-state index contributed by atoms with van der Waals surface area (Å²) in [5.74, 6) is -0.272. The molecular weight excluding hydrogens is 274 g/mol. The van der Waals surface area contributed by atoms with Crippen LogP contribution in [0.3, 0.4) is 0 Å². The number of aromatic nitrogens is 1. The lowest BCUT2D eigenvalue weighted by Gasteiger charge is -2.11. The van der Waals surface area contributed by atoms with E-state index in [1.165, 1.54) is 0 Å². The molecule has 1 saturated heterocycles. The van der Waals surface area contributed by atoms with Gasteiger partial charge in [-0.2, -0.15) is 0 Å². The molecule has 5 nitrogen and oxygen atoms in total. The van der Waals surface area contributed by atoms with Crippen molar-refractivity contribution in [2.75, 3.05) is 5.32 Å². The number of rotatable bonds is 2. The van der Waals surface area contributed by atoms with Crippen LogP contribution in [-0.2, 0) is 9.59 Å². The van der Waals surface area contributed by atoms with Crippen molar-refractivity contribution < 1.29 is 9.59 Å². The third-order valence-corrected chi connectivity index (χ3v) is 2.97. The minimum absolute atomic E-state index is 0.0751. The zero-order valence-electron chi connectivity index (χ0n) is 8.37. The van der Waals surface area contributed by atoms with E-state index in [9.17, 15) is 9.59 Å². The van der Waals surface area contributed by atoms with Gasteiger partial charge >= 0.3 is 0 Å². The molecule has 1 aliphatic heterocycles. The summed E-state index contributed by atoms with van der Waals surface area (Å²) in [6, 6.07) is 1.27. The molecule has 0 saturated carbocycles. The fraction of sp³-hybridized carbons (Fsp3) is 0.300. The summed E-state index contributed by atoms with van der Waals surface area (Å²) in [5, 5.41) is 5.34. The van der Waals surface area contributed by atoms with Gasteiger partial charge in [0.15, 0.2) is 0 Å². The number of nitrogens with one attached hydrogen (secondary N) is 2. The van der Waals surface area contributed by atoms with Gasteiger partial charge in [0.05, 0.1) is 10.2 Å². The Balaban J connectivity index is 2.03. The lowest BCUT2D eigenvalue weighted by molar-refractivity contribution is -0.122. The van der Waals surface area contributed by atoms with Crippen LogP contribution in [0.15, 0.2) is 22.9 Å². The topological polar surface area (TPSA) is 71.1 Å². The number of carbonyl (C=O) groups is 2. The van der Waals surface area contributed by atoms with Crippen molar-refractivity contribution in [3.05, 3.63) is 22.9 Å². The second-order valence-electron chi connectivity index (χ2n) is 3.50. The molecule has 1 atom stereocenters. The third-order valence-electron chi connectivity index (χ3n) is 2.34. The smallest absolute Gasteiger partial charge is 0.246 e. The molecule has 0 spiro atoms. The Morgan fingerprint density at radius 1 is 1.62 bits per heavy atom. The summed E-state index contributed by atoms with van der Waals surface area (Å²) in [6.07, 6.45) is 4.15. The van der Waals surface area contributed by atoms with Crippen LogP contribution in [0, 0.1) is 0 Å². The maximum absolute atomic E-state index is 11.7. The summed E-state index contributed by atoms with van der Waals surface area (Å²) < 4.78 is 0.715. The maximum Gasteiger partial charge on any atom is 0.246 e. The molecule has 0 radical (unpaired) electrons. The van der Waals surface area contributed by atoms with E-state index in [0.29, 0.717) is 23.0 Å². The Kier molecular flexibility index (Phi) is 3.19. The highest BCUT2D eigenvalue weighted by Gasteiger charge is 2.27. The van der Waals surface area contributed by atoms with Crippen molar-refractivity contribution in [3.63, 3.8) is 0 Å². The predicted molar refractivity (Wildman–Crippen MR) is 61.7 cm³/mol. The van der Waals surface area contributed by atoms with Crippen molar-refractivity contribution in [1.82, 2.24) is 10.3 Å². The van der Waals surface area contributed by atoms with Crippen molar-refractivity contribution in [1.29, 1.82) is 0 Å². The predicted octanol–water partition coefficient (Wildman–Crippen LogP) is 1.06. The number of nitrogens with zero attached hydrogens (tertiary/aromatic N) is 1. The van der Waals surface area contributed by atoms with E-state index in [2.05, 4.69) is 31.5 Å². The molecule has 2 rings (SSSR count). The lowest BCUT2D eigenvalue weighted by atomic mass is 10.2. The zero-order valence-corrected chi connectivity index (χ0v) is 9.95. The summed E-state index contributed by atoms with van der Waals surface area (Å²) >= 11 is 3.28. The molecule has 2 amide bonds. The molecule has 1 fully saturated rings. The standard InChI is InChI=1S/C10H10BrN3O2/c11-6-5-12-4-3-7(6)14-10(16)8-1-2-9(15)13-8/h3-5,8H,1-2H2,(H,13,15)(H,12,14,16)/t8-/m1/s1. The van der Waals surface area contributed by atoms with E-state index in [1.807, 2.05) is 0 Å². The molecule has 0 unspecified atom stereocenters. The number of halogens is 1. The van der Waals surface area contributed by atoms with Gasteiger partial charge in [0, 0.05) is 18.8 Å². The second-order valence-corrected chi connectivity index (χ2v) is 4.36. The van der Waals surface area contributed by atoms with Crippen molar-refractivity contribution in [2.24, 2.45) is 0 Å². The number of anilines is 1. The molecule has 6 heteroatoms. The van der Waals surface area contributed by atoms with Gasteiger partial charge in [-0.05, 0) is 28.4 Å². The Bertz CT molecular complexity index is 436. The minimum atomic E-state index is -0.424. The highest BCUT2D eigenvalue weighted by molar-refractivity contribution is 9.10. The third kappa shape index (κ3) is 2.38. The number of hydrogen-bond donors (Lipinski definition) is 2. The Morgan fingerprint density at radius 3 is 3.06 bits per heavy atom. The molecular formula is C10H10BrN3O2. The molecule has 1 aliphatic rings. The highest BCUT2D eigenvalue weighted by Crippen LogP contribution is 2.20. The first-order chi connectivity index (χ1) is 7.66. The van der Waals surface area contributed by atoms with Gasteiger partial charge in [0.25, 0.3) is 0 Å². The van der Waals surface area contributed by atoms with E-state index < -0.39 is 6.04 Å². The normalized spacial score (nSPS) is 19.3. The monoisotopic (exact) mass is 283 g/mol. The number of pyridine rings is 1. The molecule has 2 heterocycles. The first-order valence-electron chi connectivity index (χ1n) is 4.86. The molecule has 2 N–H and O–H groups in total. The number of hydrogen-bond acceptors (Lipinski definition) is 3. The highest BCUT2D eigenvalue weighted by atomic mass is 79.9. The van der Waals surface area contributed by atoms with E-state index in [4.69, 9.17) is 0 Å². The number of amides is 2. The first kappa shape index (κ1) is 11.1. The minimum Gasteiger partial charge on any atom is -0.344 e. The molecule has 84 valence electrons. The Hall–Kier alpha value is -1.43. The molecule has 1 aromatic rings. The van der Waals surface area contributed by atoms with Gasteiger partial charge in [-0.1, -0.05) is 0 Å². The van der Waals surface area contributed by atoms with Gasteiger partial charge in [0.2, 0.25) is 11.8 Å². The molecule has 0 aromatic carbocycles. The summed E-state index contributed by atoms with van der Waals surface area (Å²) in [4.78, 5) is 26.6. The fourth-order valence-electron chi connectivity index (χ4n) is 1.51. The van der Waals surface area contributed by atoms with Gasteiger partial charge in [0.1, 0.15) is 6.04 Å². The van der Waals surface area contributed by atoms with Crippen LogP contribution in [0.1, 0.15) is 12.8 Å². The van der Waals surface area contributed by atoms with Crippen LogP contribution in [0.2, 0.25) is 0 Å². The molecule has 1 aromatic heterocycles. The van der Waals surface area contributed by atoms with Gasteiger partial charge < -0.3 is 10.6 Å². The largest absolute Gasteiger partial charge is 0.344 e. The van der Waals surface area contributed by atoms with Crippen LogP contribution in [0.4, 0.5) is 5.69 Å². The quantitative estimate of drug-likeness (QED) is 0.853. The van der Waals surface area contributed by atoms with Crippen LogP contribution in [-0.4, -0.2) is 22.8 Å². The fourth-order valence-corrected chi connectivity index (χ4v) is 1.86. The van der Waals surface area contributed by atoms with Crippen LogP contribution in [0.5, 0.6) is 0 Å². The lowest BCUT2D eigenvalue weighted by Crippen LogP contribution is -2.37. The first-order valence-corrected chi connectivity index (χ1v) is 5.66. The van der Waals surface area contributed by atoms with Crippen molar-refractivity contribution >= 4 is 33.4 Å². The molecule has 0 bridgehead atoms. The molecule has 16 heavy (non-hydrogen) atoms. The van der Waals surface area contributed by atoms with Crippen LogP contribution < -0.4 is 10.6 Å². The Morgan fingerprint density at radius 2 is 2.44 bits per heavy atom. The van der Waals surface area contributed by atoms with Crippen molar-refractivity contribution in [2.45, 2.75) is 18.9 Å². The van der Waals surface area contributed by atoms with E-state index >= 15 is 0 Å². The van der Waals surface area contributed by atoms with E-state index in [-0.39, 0.29) is 11.8 Å². The Labute approximate surface area is 101 Å². The van der Waals surface area contributed by atoms with E-state index in [1.54, 1.807) is 18.5 Å². The average molecular weight is 284 g/mol.